The largest absolute Gasteiger partial charge is 0.481 e. The first-order valence-electron chi connectivity index (χ1n) is 4.42. The molecule has 0 aromatic heterocycles. The Morgan fingerprint density at radius 1 is 1.00 bits per heavy atom. The second-order valence-electron chi connectivity index (χ2n) is 3.20. The summed E-state index contributed by atoms with van der Waals surface area (Å²) in [5.74, 6) is -1.74. The third-order valence-electron chi connectivity index (χ3n) is 1.03. The summed E-state index contributed by atoms with van der Waals surface area (Å²) in [6.07, 6.45) is 1.02. The van der Waals surface area contributed by atoms with Crippen LogP contribution >= 0.6 is 0 Å². The zero-order chi connectivity index (χ0) is 11.6. The average molecular weight is 202 g/mol. The Kier molecular flexibility index (Phi) is 10.6. The van der Waals surface area contributed by atoms with Crippen molar-refractivity contribution in [3.8, 4) is 0 Å². The molecule has 0 fully saturated rings. The summed E-state index contributed by atoms with van der Waals surface area (Å²) < 4.78 is 0. The highest BCUT2D eigenvalue weighted by Crippen LogP contribution is 1.98. The zero-order valence-corrected chi connectivity index (χ0v) is 8.75. The molecule has 0 saturated heterocycles. The second kappa shape index (κ2) is 9.77. The molecule has 2 N–H and O–H groups in total. The minimum absolute atomic E-state index is 0.0628. The van der Waals surface area contributed by atoms with Gasteiger partial charge >= 0.3 is 11.9 Å². The van der Waals surface area contributed by atoms with Crippen LogP contribution in [0, 0.1) is 0 Å². The van der Waals surface area contributed by atoms with Gasteiger partial charge in [-0.05, 0) is 26.7 Å². The maximum Gasteiger partial charge on any atom is 0.303 e. The summed E-state index contributed by atoms with van der Waals surface area (Å²) in [5.41, 5.74) is 1.17. The Balaban J connectivity index is 0. The van der Waals surface area contributed by atoms with E-state index < -0.39 is 11.9 Å². The van der Waals surface area contributed by atoms with Crippen LogP contribution in [-0.4, -0.2) is 22.2 Å². The fourth-order valence-corrected chi connectivity index (χ4v) is 0.552. The van der Waals surface area contributed by atoms with E-state index >= 15 is 0 Å². The van der Waals surface area contributed by atoms with Crippen LogP contribution in [0.4, 0.5) is 0 Å². The monoisotopic (exact) mass is 202 g/mol. The highest BCUT2D eigenvalue weighted by Gasteiger charge is 1.99. The SMILES string of the molecule is C=C(C)C.O=C(O)CCCCC(=O)O. The van der Waals surface area contributed by atoms with Crippen molar-refractivity contribution >= 4 is 11.9 Å². The van der Waals surface area contributed by atoms with Crippen LogP contribution in [0.5, 0.6) is 0 Å². The van der Waals surface area contributed by atoms with Gasteiger partial charge in [0.1, 0.15) is 0 Å². The molecule has 82 valence electrons. The van der Waals surface area contributed by atoms with Gasteiger partial charge in [0.25, 0.3) is 0 Å². The van der Waals surface area contributed by atoms with Gasteiger partial charge in [-0.3, -0.25) is 9.59 Å². The third kappa shape index (κ3) is 31.0. The van der Waals surface area contributed by atoms with Crippen LogP contribution in [0.3, 0.4) is 0 Å². The van der Waals surface area contributed by atoms with Gasteiger partial charge in [-0.2, -0.15) is 0 Å². The van der Waals surface area contributed by atoms with Crippen molar-refractivity contribution in [2.45, 2.75) is 39.5 Å². The van der Waals surface area contributed by atoms with Crippen molar-refractivity contribution in [1.82, 2.24) is 0 Å². The van der Waals surface area contributed by atoms with Gasteiger partial charge in [0.2, 0.25) is 0 Å². The molecule has 4 nitrogen and oxygen atoms in total. The van der Waals surface area contributed by atoms with E-state index in [4.69, 9.17) is 10.2 Å². The molecule has 0 aliphatic carbocycles. The number of rotatable bonds is 5. The molecule has 0 saturated carbocycles. The Hall–Kier alpha value is -1.32. The summed E-state index contributed by atoms with van der Waals surface area (Å²) in [5, 5.41) is 16.3. The fourth-order valence-electron chi connectivity index (χ4n) is 0.552. The van der Waals surface area contributed by atoms with Crippen LogP contribution in [0.25, 0.3) is 0 Å². The van der Waals surface area contributed by atoms with Gasteiger partial charge in [0.15, 0.2) is 0 Å². The lowest BCUT2D eigenvalue weighted by molar-refractivity contribution is -0.139. The Morgan fingerprint density at radius 3 is 1.36 bits per heavy atom. The van der Waals surface area contributed by atoms with Gasteiger partial charge in [0.05, 0.1) is 0 Å². The minimum atomic E-state index is -0.870. The minimum Gasteiger partial charge on any atom is -0.481 e. The molecule has 0 spiro atoms. The molecule has 0 radical (unpaired) electrons. The van der Waals surface area contributed by atoms with Crippen molar-refractivity contribution in [3.05, 3.63) is 12.2 Å². The quantitative estimate of drug-likeness (QED) is 0.530. The lowest BCUT2D eigenvalue weighted by Gasteiger charge is -1.92. The second-order valence-corrected chi connectivity index (χ2v) is 3.20. The molecule has 0 rings (SSSR count). The van der Waals surface area contributed by atoms with Crippen molar-refractivity contribution in [3.63, 3.8) is 0 Å². The number of hydrogen-bond donors (Lipinski definition) is 2. The normalized spacial score (nSPS) is 8.43. The van der Waals surface area contributed by atoms with Gasteiger partial charge in [-0.15, -0.1) is 6.58 Å². The van der Waals surface area contributed by atoms with E-state index in [2.05, 4.69) is 6.58 Å². The summed E-state index contributed by atoms with van der Waals surface area (Å²) in [4.78, 5) is 19.8. The van der Waals surface area contributed by atoms with E-state index in [1.807, 2.05) is 13.8 Å². The average Bonchev–Trinajstić information content (AvgIpc) is 1.96. The first-order chi connectivity index (χ1) is 6.36. The van der Waals surface area contributed by atoms with E-state index in [0.29, 0.717) is 12.8 Å². The van der Waals surface area contributed by atoms with Crippen molar-refractivity contribution in [1.29, 1.82) is 0 Å². The molecule has 0 unspecified atom stereocenters. The topological polar surface area (TPSA) is 74.6 Å². The molecular weight excluding hydrogens is 184 g/mol. The molecule has 0 bridgehead atoms. The van der Waals surface area contributed by atoms with E-state index in [0.717, 1.165) is 0 Å². The van der Waals surface area contributed by atoms with Gasteiger partial charge in [-0.25, -0.2) is 0 Å². The molecule has 0 amide bonds. The zero-order valence-electron chi connectivity index (χ0n) is 8.75. The van der Waals surface area contributed by atoms with Crippen molar-refractivity contribution < 1.29 is 19.8 Å². The van der Waals surface area contributed by atoms with E-state index in [1.165, 1.54) is 5.57 Å². The first kappa shape index (κ1) is 15.2. The predicted octanol–water partition coefficient (Wildman–Crippen LogP) is 2.30. The lowest BCUT2D eigenvalue weighted by atomic mass is 10.2. The lowest BCUT2D eigenvalue weighted by Crippen LogP contribution is -1.97. The first-order valence-corrected chi connectivity index (χ1v) is 4.42. The highest BCUT2D eigenvalue weighted by atomic mass is 16.4. The number of carboxylic acid groups (broad SMARTS) is 2. The van der Waals surface area contributed by atoms with E-state index in [-0.39, 0.29) is 12.8 Å². The summed E-state index contributed by atoms with van der Waals surface area (Å²) >= 11 is 0. The Labute approximate surface area is 84.3 Å². The molecule has 0 aliphatic rings. The Morgan fingerprint density at radius 2 is 1.21 bits per heavy atom. The number of allylic oxidation sites excluding steroid dienone is 1. The summed E-state index contributed by atoms with van der Waals surface area (Å²) in [6, 6.07) is 0. The number of unbranched alkanes of at least 4 members (excludes halogenated alkanes) is 1. The smallest absolute Gasteiger partial charge is 0.303 e. The number of carboxylic acids is 2. The fraction of sp³-hybridized carbons (Fsp3) is 0.600. The van der Waals surface area contributed by atoms with Crippen LogP contribution < -0.4 is 0 Å². The molecular formula is C10H18O4. The number of aliphatic carboxylic acids is 2. The molecule has 14 heavy (non-hydrogen) atoms. The number of hydrogen-bond acceptors (Lipinski definition) is 2. The van der Waals surface area contributed by atoms with Crippen LogP contribution in [0.2, 0.25) is 0 Å². The van der Waals surface area contributed by atoms with Gasteiger partial charge in [-0.1, -0.05) is 5.57 Å². The maximum absolute atomic E-state index is 9.90. The van der Waals surface area contributed by atoms with Crippen molar-refractivity contribution in [2.24, 2.45) is 0 Å². The Bertz CT molecular complexity index is 176. The highest BCUT2D eigenvalue weighted by molar-refractivity contribution is 5.67. The van der Waals surface area contributed by atoms with Crippen LogP contribution in [-0.2, 0) is 9.59 Å². The molecule has 4 heteroatoms. The van der Waals surface area contributed by atoms with Gasteiger partial charge < -0.3 is 10.2 Å². The molecule has 0 heterocycles. The van der Waals surface area contributed by atoms with Gasteiger partial charge in [0, 0.05) is 12.8 Å². The van der Waals surface area contributed by atoms with Crippen molar-refractivity contribution in [2.75, 3.05) is 0 Å². The number of carbonyl (C=O) groups is 2. The molecule has 0 aromatic rings. The summed E-state index contributed by atoms with van der Waals surface area (Å²) in [7, 11) is 0. The summed E-state index contributed by atoms with van der Waals surface area (Å²) in [6.45, 7) is 7.50. The maximum atomic E-state index is 9.90. The van der Waals surface area contributed by atoms with E-state index in [9.17, 15) is 9.59 Å². The standard InChI is InChI=1S/C6H10O4.C4H8/c7-5(8)3-1-2-4-6(9)10;1-4(2)3/h1-4H2,(H,7,8)(H,9,10);1H2,2-3H3. The molecule has 0 atom stereocenters. The molecule has 0 aliphatic heterocycles. The molecule has 0 aromatic carbocycles. The van der Waals surface area contributed by atoms with Crippen LogP contribution in [0.15, 0.2) is 12.2 Å². The van der Waals surface area contributed by atoms with Crippen LogP contribution in [0.1, 0.15) is 39.5 Å². The predicted molar refractivity (Wildman–Crippen MR) is 54.2 cm³/mol. The van der Waals surface area contributed by atoms with E-state index in [1.54, 1.807) is 0 Å². The third-order valence-corrected chi connectivity index (χ3v) is 1.03.